The number of carbonyl (C=O) groups excluding carboxylic acids is 3. The van der Waals surface area contributed by atoms with E-state index in [1.807, 2.05) is 88.1 Å². The van der Waals surface area contributed by atoms with Gasteiger partial charge in [-0.05, 0) is 148 Å². The topological polar surface area (TPSA) is 269 Å². The van der Waals surface area contributed by atoms with E-state index in [0.717, 1.165) is 62.7 Å². The molecule has 6 aromatic rings. The molecule has 1 aromatic heterocycles. The number of carbonyl (C=O) groups is 3. The number of halogens is 5. The number of ether oxygens (including phenoxy) is 1. The minimum atomic E-state index is -4.92. The molecule has 28 heteroatoms. The minimum absolute atomic E-state index is 0.0643. The van der Waals surface area contributed by atoms with Gasteiger partial charge in [-0.3, -0.25) is 23.5 Å². The van der Waals surface area contributed by atoms with Crippen LogP contribution in [0.3, 0.4) is 0 Å². The number of nitrogens with zero attached hydrogens (tertiary/aromatic N) is 7. The summed E-state index contributed by atoms with van der Waals surface area (Å²) in [6.45, 7) is 12.8. The summed E-state index contributed by atoms with van der Waals surface area (Å²) in [7, 11) is -8.94. The monoisotopic (exact) mass is 1410 g/mol. The van der Waals surface area contributed by atoms with Gasteiger partial charge in [0.25, 0.3) is 26.1 Å². The fraction of sp³-hybridized carbons (Fsp3) is 0.406. The van der Waals surface area contributed by atoms with Crippen molar-refractivity contribution < 1.29 is 62.8 Å². The number of amides is 3. The third kappa shape index (κ3) is 15.4. The molecule has 2 saturated heterocycles. The summed E-state index contributed by atoms with van der Waals surface area (Å²) < 4.78 is 114. The maximum absolute atomic E-state index is 14.7. The third-order valence-corrected chi connectivity index (χ3v) is 21.3. The molecule has 0 unspecified atom stereocenters. The van der Waals surface area contributed by atoms with Gasteiger partial charge in [0.1, 0.15) is 17.8 Å². The molecule has 2 atom stereocenters. The maximum Gasteiger partial charge on any atom is 0.573 e. The van der Waals surface area contributed by atoms with Gasteiger partial charge in [-0.15, -0.1) is 13.2 Å². The molecule has 5 aromatic carbocycles. The number of piperazine rings is 1. The Hall–Kier alpha value is -8.14. The Kier molecular flexibility index (Phi) is 20.3. The lowest BCUT2D eigenvalue weighted by Crippen LogP contribution is -2.54. The van der Waals surface area contributed by atoms with Crippen LogP contribution in [0, 0.1) is 0 Å². The number of unbranched alkanes of at least 4 members (excludes halogenated alkanes) is 3. The van der Waals surface area contributed by atoms with E-state index in [1.54, 1.807) is 29.2 Å². The molecule has 5 heterocycles. The van der Waals surface area contributed by atoms with Gasteiger partial charge in [0.2, 0.25) is 35.3 Å². The van der Waals surface area contributed by atoms with Gasteiger partial charge in [0.15, 0.2) is 5.71 Å². The van der Waals surface area contributed by atoms with Crippen LogP contribution in [0.5, 0.6) is 5.75 Å². The zero-order valence-electron chi connectivity index (χ0n) is 54.2. The Bertz CT molecular complexity index is 4370. The van der Waals surface area contributed by atoms with Crippen LogP contribution in [0.2, 0.25) is 10.0 Å². The number of fused-ring (bicyclic) bond motifs is 5. The number of benzene rings is 5. The molecule has 5 aliphatic rings. The molecule has 2 bridgehead atoms. The number of rotatable bonds is 26. The van der Waals surface area contributed by atoms with E-state index < -0.39 is 54.6 Å². The maximum atomic E-state index is 14.7. The van der Waals surface area contributed by atoms with Crippen molar-refractivity contribution in [2.24, 2.45) is 0 Å². The standard InChI is InChI=1S/C69H76Cl2F3N11O10S2/c1-6-82-56-27-24-50(96(89,90)91)37-52(56)66(2,3)58(82)20-15-21-59-67(4,5)53-38-51(97(92,93)94)25-28-57(53)83(59)33-13-7-8-22-60(86)75-30-11-12-31-76-62(88)68(39-45-16-9-10-17-46(45)40-68)81-64-78-63(77-32-29-43-23-26-54(70)55(71)34-43)79-65(80-64)85-42-47-36-48(85)41-84(47)61(87)44-18-14-19-49(35-44)95-69(72,73)74/h9-10,14-21,23-28,34-35,37-38,47-48H,6-8,11-13,22,29-33,36,39-42H2,1-5H3,(H5-,75,76,77,78,79,80,81,86,88,89,90,91,92,93,94)/p+1/t47-,48-/m0/s1. The van der Waals surface area contributed by atoms with Crippen LogP contribution in [0.15, 0.2) is 137 Å². The van der Waals surface area contributed by atoms with Crippen molar-refractivity contribution in [2.75, 3.05) is 66.2 Å². The second-order valence-corrected chi connectivity index (χ2v) is 29.8. The van der Waals surface area contributed by atoms with Crippen molar-refractivity contribution in [3.05, 3.63) is 170 Å². The first-order valence-electron chi connectivity index (χ1n) is 32.2. The number of nitrogens with one attached hydrogen (secondary N) is 4. The van der Waals surface area contributed by atoms with Crippen LogP contribution < -0.4 is 35.8 Å². The van der Waals surface area contributed by atoms with Crippen LogP contribution in [0.25, 0.3) is 0 Å². The Morgan fingerprint density at radius 3 is 2.10 bits per heavy atom. The highest BCUT2D eigenvalue weighted by atomic mass is 35.5. The van der Waals surface area contributed by atoms with Crippen LogP contribution in [-0.4, -0.2) is 144 Å². The van der Waals surface area contributed by atoms with E-state index in [2.05, 4.69) is 35.5 Å². The molecular formula is C69H77Cl2F3N11O10S2+. The number of anilines is 4. The molecule has 4 aliphatic heterocycles. The summed E-state index contributed by atoms with van der Waals surface area (Å²) in [4.78, 5) is 61.6. The van der Waals surface area contributed by atoms with E-state index in [-0.39, 0.29) is 57.7 Å². The number of likely N-dealkylation sites (tertiary alicyclic amines) is 1. The number of likely N-dealkylation sites (N-methyl/N-ethyl adjacent to an activating group) is 1. The fourth-order valence-electron chi connectivity index (χ4n) is 14.0. The van der Waals surface area contributed by atoms with Crippen molar-refractivity contribution >= 4 is 96.1 Å². The summed E-state index contributed by atoms with van der Waals surface area (Å²) in [5.74, 6) is -0.615. The van der Waals surface area contributed by atoms with Crippen LogP contribution >= 0.6 is 23.2 Å². The quantitative estimate of drug-likeness (QED) is 0.0167. The summed E-state index contributed by atoms with van der Waals surface area (Å²) >= 11 is 12.5. The Morgan fingerprint density at radius 2 is 1.43 bits per heavy atom. The number of hydrogen-bond donors (Lipinski definition) is 6. The Morgan fingerprint density at radius 1 is 0.742 bits per heavy atom. The van der Waals surface area contributed by atoms with E-state index in [0.29, 0.717) is 119 Å². The van der Waals surface area contributed by atoms with E-state index in [1.165, 1.54) is 36.4 Å². The van der Waals surface area contributed by atoms with Crippen LogP contribution in [-0.2, 0) is 59.9 Å². The Balaban J connectivity index is 0.706. The van der Waals surface area contributed by atoms with Gasteiger partial charge < -0.3 is 40.7 Å². The molecule has 0 saturated carbocycles. The van der Waals surface area contributed by atoms with Crippen molar-refractivity contribution in [1.82, 2.24) is 30.5 Å². The molecule has 11 rings (SSSR count). The summed E-state index contributed by atoms with van der Waals surface area (Å²) in [6, 6.07) is 26.9. The highest BCUT2D eigenvalue weighted by Gasteiger charge is 2.49. The normalized spacial score (nSPS) is 18.6. The molecule has 6 N–H and O–H groups in total. The molecule has 0 radical (unpaired) electrons. The Labute approximate surface area is 572 Å². The third-order valence-electron chi connectivity index (χ3n) is 18.9. The molecule has 21 nitrogen and oxygen atoms in total. The lowest BCUT2D eigenvalue weighted by Gasteiger charge is -2.35. The zero-order valence-corrected chi connectivity index (χ0v) is 57.4. The molecular weight excluding hydrogens is 1330 g/mol. The predicted molar refractivity (Wildman–Crippen MR) is 365 cm³/mol. The summed E-state index contributed by atoms with van der Waals surface area (Å²) in [5, 5.41) is 13.8. The van der Waals surface area contributed by atoms with Gasteiger partial charge in [-0.2, -0.15) is 36.4 Å². The van der Waals surface area contributed by atoms with Crippen LogP contribution in [0.4, 0.5) is 42.4 Å². The van der Waals surface area contributed by atoms with Gasteiger partial charge in [-0.1, -0.05) is 79.5 Å². The first-order valence-corrected chi connectivity index (χ1v) is 35.9. The predicted octanol–water partition coefficient (Wildman–Crippen LogP) is 11.2. The van der Waals surface area contributed by atoms with Gasteiger partial charge in [-0.25, -0.2) is 0 Å². The number of alkyl halides is 3. The largest absolute Gasteiger partial charge is 0.573 e. The molecule has 97 heavy (non-hydrogen) atoms. The molecule has 514 valence electrons. The molecule has 2 fully saturated rings. The zero-order chi connectivity index (χ0) is 69.4. The molecule has 3 amide bonds. The average molecular weight is 1410 g/mol. The van der Waals surface area contributed by atoms with Gasteiger partial charge in [0.05, 0.1) is 37.3 Å². The number of allylic oxidation sites excluding steroid dienone is 4. The first-order chi connectivity index (χ1) is 45.9. The van der Waals surface area contributed by atoms with Crippen molar-refractivity contribution in [3.8, 4) is 5.75 Å². The number of hydrogen-bond acceptors (Lipinski definition) is 15. The fourth-order valence-corrected chi connectivity index (χ4v) is 15.4. The van der Waals surface area contributed by atoms with Crippen molar-refractivity contribution in [1.29, 1.82) is 0 Å². The SMILES string of the molecule is CCN1/C(=C/C=C/C2=[N+](CCCCCC(=O)NCCCCNC(=O)C3(Nc4nc(NCCc5ccc(Cl)c(Cl)c5)nc(N5C[C@@H]6C[C@H]5CN6C(=O)c5cccc(OC(F)(F)F)c5)n4)Cc4ccccc4C3)c3ccc(S(=O)(=O)O)cc3C2(C)C)C(C)(C)c2cc(S(=O)(=O)O)ccc21. The average Bonchev–Trinajstić information content (AvgIpc) is 1.61. The van der Waals surface area contributed by atoms with E-state index in [9.17, 15) is 53.5 Å². The van der Waals surface area contributed by atoms with E-state index in [4.69, 9.17) is 38.2 Å². The van der Waals surface area contributed by atoms with E-state index >= 15 is 0 Å². The summed E-state index contributed by atoms with van der Waals surface area (Å²) in [5.41, 5.74) is 5.28. The van der Waals surface area contributed by atoms with Gasteiger partial charge in [0, 0.05) is 105 Å². The molecule has 1 aliphatic carbocycles. The minimum Gasteiger partial charge on any atom is -0.406 e. The first kappa shape index (κ1) is 70.2. The lowest BCUT2D eigenvalue weighted by atomic mass is 9.81. The highest BCUT2D eigenvalue weighted by molar-refractivity contribution is 7.86. The lowest BCUT2D eigenvalue weighted by molar-refractivity contribution is -0.438. The molecule has 0 spiro atoms. The van der Waals surface area contributed by atoms with Gasteiger partial charge >= 0.3 is 6.36 Å². The highest BCUT2D eigenvalue weighted by Crippen LogP contribution is 2.49. The second-order valence-electron chi connectivity index (χ2n) is 26.1. The number of aromatic nitrogens is 3. The second kappa shape index (κ2) is 28.0. The summed E-state index contributed by atoms with van der Waals surface area (Å²) in [6.07, 6.45) is 6.16. The van der Waals surface area contributed by atoms with Crippen molar-refractivity contribution in [3.63, 3.8) is 0 Å². The van der Waals surface area contributed by atoms with Crippen molar-refractivity contribution in [2.45, 2.75) is 143 Å². The smallest absolute Gasteiger partial charge is 0.406 e. The van der Waals surface area contributed by atoms with Crippen LogP contribution in [0.1, 0.15) is 118 Å².